The molecule has 0 atom stereocenters. The predicted octanol–water partition coefficient (Wildman–Crippen LogP) is 2.17. The van der Waals surface area contributed by atoms with Crippen LogP contribution in [-0.4, -0.2) is 30.7 Å². The minimum atomic E-state index is 0.0241. The minimum Gasteiger partial charge on any atom is -0.497 e. The zero-order valence-corrected chi connectivity index (χ0v) is 11.7. The van der Waals surface area contributed by atoms with E-state index in [0.29, 0.717) is 0 Å². The Bertz CT molecular complexity index is 660. The minimum absolute atomic E-state index is 0.0241. The van der Waals surface area contributed by atoms with Crippen LogP contribution in [0.3, 0.4) is 0 Å². The third-order valence-corrected chi connectivity index (χ3v) is 4.61. The van der Waals surface area contributed by atoms with E-state index in [0.717, 1.165) is 36.0 Å². The molecule has 2 heterocycles. The lowest BCUT2D eigenvalue weighted by Gasteiger charge is -2.49. The van der Waals surface area contributed by atoms with Gasteiger partial charge in [-0.3, -0.25) is 0 Å². The van der Waals surface area contributed by atoms with Crippen LogP contribution in [0.4, 0.5) is 5.82 Å². The molecule has 0 bridgehead atoms. The number of methoxy groups -OCH3 is 1. The Balaban J connectivity index is 1.67. The summed E-state index contributed by atoms with van der Waals surface area (Å²) in [5.41, 5.74) is 6.46. The quantitative estimate of drug-likeness (QED) is 0.928. The van der Waals surface area contributed by atoms with Crippen molar-refractivity contribution < 1.29 is 4.74 Å². The van der Waals surface area contributed by atoms with E-state index in [2.05, 4.69) is 22.0 Å². The van der Waals surface area contributed by atoms with E-state index in [4.69, 9.17) is 10.5 Å². The number of ether oxygens (including phenoxy) is 1. The number of hydrogen-bond acceptors (Lipinski definition) is 4. The Morgan fingerprint density at radius 2 is 2.10 bits per heavy atom. The van der Waals surface area contributed by atoms with Crippen molar-refractivity contribution in [1.82, 2.24) is 4.98 Å². The van der Waals surface area contributed by atoms with E-state index < -0.39 is 0 Å². The summed E-state index contributed by atoms with van der Waals surface area (Å²) in [6, 6.07) is 8.16. The molecule has 4 rings (SSSR count). The summed E-state index contributed by atoms with van der Waals surface area (Å²) in [5.74, 6) is 2.66. The molecule has 1 aromatic heterocycles. The second kappa shape index (κ2) is 4.09. The molecule has 2 N–H and O–H groups in total. The van der Waals surface area contributed by atoms with Gasteiger partial charge >= 0.3 is 0 Å². The molecule has 0 spiro atoms. The van der Waals surface area contributed by atoms with Crippen LogP contribution in [0.5, 0.6) is 5.75 Å². The van der Waals surface area contributed by atoms with E-state index in [-0.39, 0.29) is 5.54 Å². The monoisotopic (exact) mass is 269 g/mol. The first kappa shape index (κ1) is 12.0. The van der Waals surface area contributed by atoms with Crippen LogP contribution >= 0.6 is 0 Å². The summed E-state index contributed by atoms with van der Waals surface area (Å²) in [6.07, 6.45) is 4.46. The third-order valence-electron chi connectivity index (χ3n) is 4.61. The highest BCUT2D eigenvalue weighted by Crippen LogP contribution is 2.44. The van der Waals surface area contributed by atoms with Gasteiger partial charge < -0.3 is 15.4 Å². The molecule has 0 amide bonds. The van der Waals surface area contributed by atoms with Crippen molar-refractivity contribution in [3.05, 3.63) is 30.5 Å². The molecule has 1 saturated heterocycles. The van der Waals surface area contributed by atoms with Crippen molar-refractivity contribution in [3.63, 3.8) is 0 Å². The van der Waals surface area contributed by atoms with Crippen molar-refractivity contribution >= 4 is 16.6 Å². The average molecular weight is 269 g/mol. The molecular formula is C16H19N3O. The highest BCUT2D eigenvalue weighted by atomic mass is 16.5. The van der Waals surface area contributed by atoms with Crippen LogP contribution < -0.4 is 15.4 Å². The summed E-state index contributed by atoms with van der Waals surface area (Å²) in [5, 5.41) is 2.33. The molecule has 1 aliphatic carbocycles. The van der Waals surface area contributed by atoms with Gasteiger partial charge in [-0.25, -0.2) is 4.98 Å². The maximum absolute atomic E-state index is 6.44. The van der Waals surface area contributed by atoms with Gasteiger partial charge in [-0.2, -0.15) is 0 Å². The van der Waals surface area contributed by atoms with Gasteiger partial charge in [0.25, 0.3) is 0 Å². The van der Waals surface area contributed by atoms with Crippen molar-refractivity contribution in [2.24, 2.45) is 11.7 Å². The molecule has 20 heavy (non-hydrogen) atoms. The Hall–Kier alpha value is -1.81. The Labute approximate surface area is 118 Å². The molecule has 104 valence electrons. The number of hydrogen-bond donors (Lipinski definition) is 1. The lowest BCUT2D eigenvalue weighted by Crippen LogP contribution is -2.69. The Morgan fingerprint density at radius 1 is 1.30 bits per heavy atom. The van der Waals surface area contributed by atoms with E-state index in [1.54, 1.807) is 7.11 Å². The van der Waals surface area contributed by atoms with Crippen LogP contribution in [-0.2, 0) is 0 Å². The van der Waals surface area contributed by atoms with E-state index in [9.17, 15) is 0 Å². The van der Waals surface area contributed by atoms with Crippen molar-refractivity contribution in [2.45, 2.75) is 18.4 Å². The molecule has 0 unspecified atom stereocenters. The standard InChI is InChI=1S/C16H19N3O/c1-20-13-4-5-14-11(8-13)6-7-18-15(14)19-9-16(17,10-19)12-2-3-12/h4-8,12H,2-3,9-10,17H2,1H3. The van der Waals surface area contributed by atoms with Crippen LogP contribution in [0, 0.1) is 5.92 Å². The molecule has 0 radical (unpaired) electrons. The summed E-state index contributed by atoms with van der Waals surface area (Å²) in [7, 11) is 1.69. The lowest BCUT2D eigenvalue weighted by molar-refractivity contribution is 0.290. The molecule has 4 nitrogen and oxygen atoms in total. The lowest BCUT2D eigenvalue weighted by atomic mass is 9.85. The number of rotatable bonds is 3. The fourth-order valence-electron chi connectivity index (χ4n) is 3.25. The maximum Gasteiger partial charge on any atom is 0.136 e. The number of aromatic nitrogens is 1. The van der Waals surface area contributed by atoms with Crippen molar-refractivity contribution in [2.75, 3.05) is 25.1 Å². The van der Waals surface area contributed by atoms with Crippen molar-refractivity contribution in [1.29, 1.82) is 0 Å². The number of nitrogens with two attached hydrogens (primary N) is 1. The molecule has 2 aromatic rings. The number of fused-ring (bicyclic) bond motifs is 1. The van der Waals surface area contributed by atoms with Gasteiger partial charge in [-0.15, -0.1) is 0 Å². The third kappa shape index (κ3) is 1.75. The topological polar surface area (TPSA) is 51.4 Å². The highest BCUT2D eigenvalue weighted by molar-refractivity contribution is 5.93. The van der Waals surface area contributed by atoms with Crippen LogP contribution in [0.1, 0.15) is 12.8 Å². The second-order valence-corrected chi connectivity index (χ2v) is 6.09. The summed E-state index contributed by atoms with van der Waals surface area (Å²) >= 11 is 0. The first-order valence-corrected chi connectivity index (χ1v) is 7.16. The fraction of sp³-hybridized carbons (Fsp3) is 0.438. The number of nitrogens with zero attached hydrogens (tertiary/aromatic N) is 2. The van der Waals surface area contributed by atoms with Gasteiger partial charge in [0.15, 0.2) is 0 Å². The molecular weight excluding hydrogens is 250 g/mol. The summed E-state index contributed by atoms with van der Waals surface area (Å²) in [6.45, 7) is 1.85. The zero-order valence-electron chi connectivity index (χ0n) is 11.7. The molecule has 2 fully saturated rings. The number of anilines is 1. The first-order valence-electron chi connectivity index (χ1n) is 7.16. The van der Waals surface area contributed by atoms with Gasteiger partial charge in [0, 0.05) is 24.7 Å². The largest absolute Gasteiger partial charge is 0.497 e. The van der Waals surface area contributed by atoms with Gasteiger partial charge in [0.2, 0.25) is 0 Å². The predicted molar refractivity (Wildman–Crippen MR) is 80.2 cm³/mol. The average Bonchev–Trinajstić information content (AvgIpc) is 3.27. The molecule has 2 aliphatic rings. The van der Waals surface area contributed by atoms with Gasteiger partial charge in [-0.1, -0.05) is 0 Å². The van der Waals surface area contributed by atoms with Crippen LogP contribution in [0.25, 0.3) is 10.8 Å². The Morgan fingerprint density at radius 3 is 2.80 bits per heavy atom. The molecule has 4 heteroatoms. The molecule has 1 aromatic carbocycles. The number of pyridine rings is 1. The first-order chi connectivity index (χ1) is 9.69. The maximum atomic E-state index is 6.44. The van der Waals surface area contributed by atoms with Crippen LogP contribution in [0.2, 0.25) is 0 Å². The van der Waals surface area contributed by atoms with Gasteiger partial charge in [-0.05, 0) is 48.4 Å². The SMILES string of the molecule is COc1ccc2c(N3CC(N)(C4CC4)C3)nccc2c1. The van der Waals surface area contributed by atoms with Crippen molar-refractivity contribution in [3.8, 4) is 5.75 Å². The highest BCUT2D eigenvalue weighted by Gasteiger charge is 2.50. The fourth-order valence-corrected chi connectivity index (χ4v) is 3.25. The number of benzene rings is 1. The summed E-state index contributed by atoms with van der Waals surface area (Å²) in [4.78, 5) is 6.86. The Kier molecular flexibility index (Phi) is 2.45. The van der Waals surface area contributed by atoms with Gasteiger partial charge in [0.05, 0.1) is 12.6 Å². The normalized spacial score (nSPS) is 20.8. The van der Waals surface area contributed by atoms with E-state index in [1.807, 2.05) is 18.3 Å². The van der Waals surface area contributed by atoms with E-state index in [1.165, 1.54) is 18.2 Å². The molecule has 1 aliphatic heterocycles. The zero-order chi connectivity index (χ0) is 13.7. The van der Waals surface area contributed by atoms with Gasteiger partial charge in [0.1, 0.15) is 11.6 Å². The summed E-state index contributed by atoms with van der Waals surface area (Å²) < 4.78 is 5.28. The molecule has 1 saturated carbocycles. The van der Waals surface area contributed by atoms with E-state index >= 15 is 0 Å². The second-order valence-electron chi connectivity index (χ2n) is 6.09. The van der Waals surface area contributed by atoms with Crippen LogP contribution in [0.15, 0.2) is 30.5 Å². The smallest absolute Gasteiger partial charge is 0.136 e.